The molecule has 0 saturated carbocycles. The van der Waals surface area contributed by atoms with Crippen molar-refractivity contribution in [1.29, 1.82) is 0 Å². The summed E-state index contributed by atoms with van der Waals surface area (Å²) in [6.07, 6.45) is 6.43. The predicted octanol–water partition coefficient (Wildman–Crippen LogP) is 2.48. The number of benzene rings is 1. The van der Waals surface area contributed by atoms with Gasteiger partial charge in [-0.05, 0) is 48.7 Å². The molecule has 2 aliphatic rings. The van der Waals surface area contributed by atoms with Crippen molar-refractivity contribution in [2.75, 3.05) is 26.2 Å². The molecule has 5 heteroatoms. The Morgan fingerprint density at radius 2 is 2.36 bits per heavy atom. The maximum atomic E-state index is 12.2. The fraction of sp³-hybridized carbons (Fsp3) is 0.353. The zero-order valence-corrected chi connectivity index (χ0v) is 13.1. The van der Waals surface area contributed by atoms with Gasteiger partial charge in [0.15, 0.2) is 0 Å². The van der Waals surface area contributed by atoms with E-state index in [0.717, 1.165) is 36.4 Å². The van der Waals surface area contributed by atoms with Gasteiger partial charge in [-0.2, -0.15) is 0 Å². The molecule has 1 atom stereocenters. The van der Waals surface area contributed by atoms with Crippen LogP contribution in [0.3, 0.4) is 0 Å². The fourth-order valence-corrected chi connectivity index (χ4v) is 2.95. The van der Waals surface area contributed by atoms with Crippen molar-refractivity contribution in [1.82, 2.24) is 4.90 Å². The topological polar surface area (TPSA) is 55.6 Å². The van der Waals surface area contributed by atoms with Crippen LogP contribution in [-0.4, -0.2) is 37.0 Å². The molecule has 0 aromatic heterocycles. The summed E-state index contributed by atoms with van der Waals surface area (Å²) in [5, 5.41) is 0.671. The highest BCUT2D eigenvalue weighted by molar-refractivity contribution is 6.30. The third-order valence-electron chi connectivity index (χ3n) is 4.08. The second kappa shape index (κ2) is 6.55. The number of nitrogens with zero attached hydrogens (tertiary/aromatic N) is 1. The van der Waals surface area contributed by atoms with Gasteiger partial charge in [-0.15, -0.1) is 0 Å². The van der Waals surface area contributed by atoms with Gasteiger partial charge in [0.1, 0.15) is 12.4 Å². The number of fused-ring (bicyclic) bond motifs is 1. The molecule has 116 valence electrons. The number of hydrogen-bond donors (Lipinski definition) is 1. The van der Waals surface area contributed by atoms with Crippen LogP contribution in [0.4, 0.5) is 0 Å². The van der Waals surface area contributed by atoms with Crippen LogP contribution >= 0.6 is 11.6 Å². The SMILES string of the molecule is NCC1CCN(C(=O)/C=C/C2=Cc3cc(Cl)ccc3OC2)C1. The van der Waals surface area contributed by atoms with Gasteiger partial charge < -0.3 is 15.4 Å². The molecule has 1 aromatic carbocycles. The second-order valence-electron chi connectivity index (χ2n) is 5.70. The molecule has 22 heavy (non-hydrogen) atoms. The normalized spacial score (nSPS) is 20.7. The lowest BCUT2D eigenvalue weighted by Crippen LogP contribution is -2.28. The van der Waals surface area contributed by atoms with Crippen molar-refractivity contribution in [3.8, 4) is 5.75 Å². The molecule has 0 bridgehead atoms. The molecule has 4 nitrogen and oxygen atoms in total. The van der Waals surface area contributed by atoms with Crippen molar-refractivity contribution >= 4 is 23.6 Å². The number of rotatable bonds is 3. The van der Waals surface area contributed by atoms with E-state index in [0.29, 0.717) is 24.1 Å². The Bertz CT molecular complexity index is 640. The molecule has 2 N–H and O–H groups in total. The van der Waals surface area contributed by atoms with Crippen molar-refractivity contribution in [2.24, 2.45) is 11.7 Å². The first kappa shape index (κ1) is 15.1. The van der Waals surface area contributed by atoms with E-state index in [9.17, 15) is 4.79 Å². The zero-order chi connectivity index (χ0) is 15.5. The van der Waals surface area contributed by atoms with Gasteiger partial charge in [-0.25, -0.2) is 0 Å². The van der Waals surface area contributed by atoms with E-state index in [2.05, 4.69) is 0 Å². The lowest BCUT2D eigenvalue weighted by molar-refractivity contribution is -0.125. The summed E-state index contributed by atoms with van der Waals surface area (Å²) in [5.74, 6) is 1.29. The number of nitrogens with two attached hydrogens (primary N) is 1. The summed E-state index contributed by atoms with van der Waals surface area (Å²) in [7, 11) is 0. The molecule has 2 heterocycles. The number of halogens is 1. The smallest absolute Gasteiger partial charge is 0.246 e. The molecule has 1 saturated heterocycles. The van der Waals surface area contributed by atoms with Crippen molar-refractivity contribution in [3.63, 3.8) is 0 Å². The third kappa shape index (κ3) is 3.34. The van der Waals surface area contributed by atoms with Crippen molar-refractivity contribution in [3.05, 3.63) is 46.5 Å². The average Bonchev–Trinajstić information content (AvgIpc) is 3.01. The van der Waals surface area contributed by atoms with Gasteiger partial charge in [-0.3, -0.25) is 4.79 Å². The van der Waals surface area contributed by atoms with Gasteiger partial charge in [0, 0.05) is 29.8 Å². The first-order valence-electron chi connectivity index (χ1n) is 7.45. The van der Waals surface area contributed by atoms with E-state index in [-0.39, 0.29) is 5.91 Å². The van der Waals surface area contributed by atoms with Gasteiger partial charge in [-0.1, -0.05) is 17.7 Å². The maximum Gasteiger partial charge on any atom is 0.246 e. The second-order valence-corrected chi connectivity index (χ2v) is 6.13. The van der Waals surface area contributed by atoms with Crippen LogP contribution in [0.25, 0.3) is 6.08 Å². The summed E-state index contributed by atoms with van der Waals surface area (Å²) >= 11 is 5.99. The van der Waals surface area contributed by atoms with E-state index in [1.54, 1.807) is 12.1 Å². The standard InChI is InChI=1S/C17H19ClN2O2/c18-15-2-3-16-14(8-15)7-12(11-22-16)1-4-17(21)20-6-5-13(9-19)10-20/h1-4,7-8,13H,5-6,9-11,19H2/b4-1+. The minimum Gasteiger partial charge on any atom is -0.488 e. The molecule has 1 amide bonds. The van der Waals surface area contributed by atoms with Gasteiger partial charge in [0.05, 0.1) is 0 Å². The molecular formula is C17H19ClN2O2. The van der Waals surface area contributed by atoms with Crippen LogP contribution in [-0.2, 0) is 4.79 Å². The number of likely N-dealkylation sites (tertiary alicyclic amines) is 1. The molecule has 1 fully saturated rings. The summed E-state index contributed by atoms with van der Waals surface area (Å²) in [6, 6.07) is 5.52. The van der Waals surface area contributed by atoms with Crippen LogP contribution in [0, 0.1) is 5.92 Å². The number of carbonyl (C=O) groups excluding carboxylic acids is 1. The van der Waals surface area contributed by atoms with Gasteiger partial charge in [0.2, 0.25) is 5.91 Å². The number of carbonyl (C=O) groups is 1. The minimum atomic E-state index is 0.0359. The highest BCUT2D eigenvalue weighted by Gasteiger charge is 2.23. The first-order chi connectivity index (χ1) is 10.7. The maximum absolute atomic E-state index is 12.2. The fourth-order valence-electron chi connectivity index (χ4n) is 2.77. The summed E-state index contributed by atoms with van der Waals surface area (Å²) < 4.78 is 5.66. The van der Waals surface area contributed by atoms with Crippen LogP contribution in [0.15, 0.2) is 35.9 Å². The van der Waals surface area contributed by atoms with Gasteiger partial charge in [0.25, 0.3) is 0 Å². The Morgan fingerprint density at radius 3 is 3.14 bits per heavy atom. The number of ether oxygens (including phenoxy) is 1. The van der Waals surface area contributed by atoms with Crippen LogP contribution in [0.5, 0.6) is 5.75 Å². The molecular weight excluding hydrogens is 300 g/mol. The quantitative estimate of drug-likeness (QED) is 0.871. The van der Waals surface area contributed by atoms with E-state index >= 15 is 0 Å². The molecule has 1 unspecified atom stereocenters. The molecule has 0 radical (unpaired) electrons. The monoisotopic (exact) mass is 318 g/mol. The van der Waals surface area contributed by atoms with Crippen LogP contribution in [0.1, 0.15) is 12.0 Å². The number of amides is 1. The van der Waals surface area contributed by atoms with E-state index < -0.39 is 0 Å². The Labute approximate surface area is 135 Å². The minimum absolute atomic E-state index is 0.0359. The molecule has 0 aliphatic carbocycles. The lowest BCUT2D eigenvalue weighted by Gasteiger charge is -2.17. The lowest BCUT2D eigenvalue weighted by atomic mass is 10.1. The highest BCUT2D eigenvalue weighted by atomic mass is 35.5. The van der Waals surface area contributed by atoms with Crippen molar-refractivity contribution in [2.45, 2.75) is 6.42 Å². The molecule has 2 aliphatic heterocycles. The molecule has 3 rings (SSSR count). The molecule has 1 aromatic rings. The van der Waals surface area contributed by atoms with Gasteiger partial charge >= 0.3 is 0 Å². The van der Waals surface area contributed by atoms with E-state index in [4.69, 9.17) is 22.1 Å². The third-order valence-corrected chi connectivity index (χ3v) is 4.31. The average molecular weight is 319 g/mol. The Morgan fingerprint density at radius 1 is 1.50 bits per heavy atom. The summed E-state index contributed by atoms with van der Waals surface area (Å²) in [6.45, 7) is 2.65. The van der Waals surface area contributed by atoms with Crippen LogP contribution < -0.4 is 10.5 Å². The number of hydrogen-bond acceptors (Lipinski definition) is 3. The van der Waals surface area contributed by atoms with Crippen LogP contribution in [0.2, 0.25) is 5.02 Å². The zero-order valence-electron chi connectivity index (χ0n) is 12.3. The Hall–Kier alpha value is -1.78. The van der Waals surface area contributed by atoms with Crippen molar-refractivity contribution < 1.29 is 9.53 Å². The predicted molar refractivity (Wildman–Crippen MR) is 87.8 cm³/mol. The Balaban J connectivity index is 1.67. The van der Waals surface area contributed by atoms with E-state index in [1.165, 1.54) is 0 Å². The summed E-state index contributed by atoms with van der Waals surface area (Å²) in [4.78, 5) is 14.0. The molecule has 0 spiro atoms. The highest BCUT2D eigenvalue weighted by Crippen LogP contribution is 2.29. The first-order valence-corrected chi connectivity index (χ1v) is 7.83. The Kier molecular flexibility index (Phi) is 4.50. The largest absolute Gasteiger partial charge is 0.488 e. The van der Waals surface area contributed by atoms with E-state index in [1.807, 2.05) is 29.2 Å². The summed E-state index contributed by atoms with van der Waals surface area (Å²) in [5.41, 5.74) is 7.55.